The molecule has 3 atom stereocenters. The zero-order valence-corrected chi connectivity index (χ0v) is 15.6. The molecule has 1 amide bonds. The number of anilines is 1. The molecule has 3 rings (SSSR count). The van der Waals surface area contributed by atoms with E-state index in [1.54, 1.807) is 24.3 Å². The number of ether oxygens (including phenoxy) is 1. The molecule has 0 aliphatic heterocycles. The summed E-state index contributed by atoms with van der Waals surface area (Å²) < 4.78 is 31.2. The summed E-state index contributed by atoms with van der Waals surface area (Å²) in [6.07, 6.45) is 5.74. The van der Waals surface area contributed by atoms with Gasteiger partial charge in [-0.05, 0) is 50.2 Å². The molecule has 2 bridgehead atoms. The number of hydrogen-bond donors (Lipinski definition) is 1. The first-order chi connectivity index (χ1) is 11.9. The maximum Gasteiger partial charge on any atom is 0.241 e. The fourth-order valence-corrected chi connectivity index (χ4v) is 4.99. The van der Waals surface area contributed by atoms with Crippen LogP contribution in [0, 0.1) is 11.8 Å². The Hall–Kier alpha value is -1.76. The van der Waals surface area contributed by atoms with Gasteiger partial charge in [0.25, 0.3) is 0 Å². The van der Waals surface area contributed by atoms with E-state index in [0.29, 0.717) is 24.0 Å². The van der Waals surface area contributed by atoms with E-state index in [0.717, 1.165) is 22.9 Å². The van der Waals surface area contributed by atoms with Crippen molar-refractivity contribution in [2.45, 2.75) is 38.6 Å². The number of benzene rings is 1. The standard InChI is InChI=1S/C18H26N2O4S/c1-3-24-17-7-5-4-6-16(17)20(25(2,22)23)12-18(21)19-15-11-13-8-9-14(15)10-13/h4-7,13-15H,3,8-12H2,1-2H3,(H,19,21)/t13-,14-,15-/m1/s1. The first kappa shape index (κ1) is 18.0. The summed E-state index contributed by atoms with van der Waals surface area (Å²) in [5.74, 6) is 1.48. The van der Waals surface area contributed by atoms with E-state index in [4.69, 9.17) is 4.74 Å². The Bertz CT molecular complexity index is 734. The molecule has 1 aromatic rings. The Balaban J connectivity index is 1.75. The van der Waals surface area contributed by atoms with Gasteiger partial charge < -0.3 is 10.1 Å². The van der Waals surface area contributed by atoms with Crippen molar-refractivity contribution in [1.82, 2.24) is 5.32 Å². The summed E-state index contributed by atoms with van der Waals surface area (Å²) in [4.78, 5) is 12.5. The highest BCUT2D eigenvalue weighted by Crippen LogP contribution is 2.44. The van der Waals surface area contributed by atoms with E-state index in [-0.39, 0.29) is 18.5 Å². The second kappa shape index (κ2) is 7.23. The molecule has 7 heteroatoms. The summed E-state index contributed by atoms with van der Waals surface area (Å²) in [6.45, 7) is 2.03. The molecule has 2 aliphatic carbocycles. The van der Waals surface area contributed by atoms with Crippen LogP contribution >= 0.6 is 0 Å². The molecule has 0 aromatic heterocycles. The molecule has 1 aromatic carbocycles. The van der Waals surface area contributed by atoms with E-state index >= 15 is 0 Å². The molecule has 2 fully saturated rings. The molecule has 0 spiro atoms. The van der Waals surface area contributed by atoms with Gasteiger partial charge in [-0.15, -0.1) is 0 Å². The third-order valence-electron chi connectivity index (χ3n) is 5.21. The summed E-state index contributed by atoms with van der Waals surface area (Å²) in [5.41, 5.74) is 0.398. The number of amides is 1. The van der Waals surface area contributed by atoms with E-state index < -0.39 is 10.0 Å². The van der Waals surface area contributed by atoms with Crippen molar-refractivity contribution >= 4 is 21.6 Å². The van der Waals surface area contributed by atoms with Crippen molar-refractivity contribution in [3.63, 3.8) is 0 Å². The number of fused-ring (bicyclic) bond motifs is 2. The molecular weight excluding hydrogens is 340 g/mol. The van der Waals surface area contributed by atoms with Crippen LogP contribution in [0.4, 0.5) is 5.69 Å². The van der Waals surface area contributed by atoms with Gasteiger partial charge in [-0.2, -0.15) is 0 Å². The van der Waals surface area contributed by atoms with Gasteiger partial charge >= 0.3 is 0 Å². The summed E-state index contributed by atoms with van der Waals surface area (Å²) in [6, 6.07) is 7.09. The number of nitrogens with zero attached hydrogens (tertiary/aromatic N) is 1. The lowest BCUT2D eigenvalue weighted by Crippen LogP contribution is -2.45. The van der Waals surface area contributed by atoms with Crippen LogP contribution in [0.25, 0.3) is 0 Å². The summed E-state index contributed by atoms with van der Waals surface area (Å²) >= 11 is 0. The minimum Gasteiger partial charge on any atom is -0.492 e. The molecule has 6 nitrogen and oxygen atoms in total. The van der Waals surface area contributed by atoms with Gasteiger partial charge in [-0.25, -0.2) is 8.42 Å². The normalized spacial score (nSPS) is 25.0. The van der Waals surface area contributed by atoms with E-state index in [9.17, 15) is 13.2 Å². The predicted molar refractivity (Wildman–Crippen MR) is 97.2 cm³/mol. The van der Waals surface area contributed by atoms with Crippen molar-refractivity contribution in [3.8, 4) is 5.75 Å². The Kier molecular flexibility index (Phi) is 5.22. The molecular formula is C18H26N2O4S. The quantitative estimate of drug-likeness (QED) is 0.802. The average molecular weight is 366 g/mol. The zero-order chi connectivity index (χ0) is 18.0. The molecule has 0 saturated heterocycles. The van der Waals surface area contributed by atoms with Crippen LogP contribution in [0.3, 0.4) is 0 Å². The average Bonchev–Trinajstić information content (AvgIpc) is 3.15. The Labute approximate surface area is 149 Å². The monoisotopic (exact) mass is 366 g/mol. The SMILES string of the molecule is CCOc1ccccc1N(CC(=O)N[C@@H]1C[C@@H]2CC[C@@H]1C2)S(C)(=O)=O. The van der Waals surface area contributed by atoms with Crippen LogP contribution in [0.1, 0.15) is 32.6 Å². The Morgan fingerprint density at radius 3 is 2.64 bits per heavy atom. The highest BCUT2D eigenvalue weighted by Gasteiger charge is 2.40. The van der Waals surface area contributed by atoms with Crippen LogP contribution in [-0.2, 0) is 14.8 Å². The van der Waals surface area contributed by atoms with Gasteiger partial charge in [-0.1, -0.05) is 18.6 Å². The highest BCUT2D eigenvalue weighted by molar-refractivity contribution is 7.92. The maximum absolute atomic E-state index is 12.5. The molecule has 0 radical (unpaired) electrons. The lowest BCUT2D eigenvalue weighted by atomic mass is 9.95. The van der Waals surface area contributed by atoms with Crippen molar-refractivity contribution in [2.75, 3.05) is 23.7 Å². The Morgan fingerprint density at radius 1 is 1.28 bits per heavy atom. The first-order valence-corrected chi connectivity index (χ1v) is 10.7. The van der Waals surface area contributed by atoms with Gasteiger partial charge in [0.15, 0.2) is 0 Å². The van der Waals surface area contributed by atoms with E-state index in [1.165, 1.54) is 19.3 Å². The second-order valence-electron chi connectivity index (χ2n) is 7.02. The van der Waals surface area contributed by atoms with E-state index in [2.05, 4.69) is 5.32 Å². The zero-order valence-electron chi connectivity index (χ0n) is 14.8. The fourth-order valence-electron chi connectivity index (χ4n) is 4.13. The van der Waals surface area contributed by atoms with Gasteiger partial charge in [0.1, 0.15) is 12.3 Å². The fraction of sp³-hybridized carbons (Fsp3) is 0.611. The summed E-state index contributed by atoms with van der Waals surface area (Å²) in [7, 11) is -3.61. The van der Waals surface area contributed by atoms with Crippen LogP contribution < -0.4 is 14.4 Å². The van der Waals surface area contributed by atoms with Crippen molar-refractivity contribution in [2.24, 2.45) is 11.8 Å². The van der Waals surface area contributed by atoms with Crippen LogP contribution in [0.2, 0.25) is 0 Å². The topological polar surface area (TPSA) is 75.7 Å². The third kappa shape index (κ3) is 4.08. The predicted octanol–water partition coefficient (Wildman–Crippen LogP) is 2.16. The number of carbonyl (C=O) groups excluding carboxylic acids is 1. The highest BCUT2D eigenvalue weighted by atomic mass is 32.2. The summed E-state index contributed by atoms with van der Waals surface area (Å²) in [5, 5.41) is 3.05. The smallest absolute Gasteiger partial charge is 0.241 e. The maximum atomic E-state index is 12.5. The number of rotatable bonds is 7. The second-order valence-corrected chi connectivity index (χ2v) is 8.93. The largest absolute Gasteiger partial charge is 0.492 e. The molecule has 0 unspecified atom stereocenters. The molecule has 25 heavy (non-hydrogen) atoms. The Morgan fingerprint density at radius 2 is 2.04 bits per heavy atom. The number of sulfonamides is 1. The van der Waals surface area contributed by atoms with Crippen LogP contribution in [0.15, 0.2) is 24.3 Å². The molecule has 1 N–H and O–H groups in total. The number of nitrogens with one attached hydrogen (secondary N) is 1. The lowest BCUT2D eigenvalue weighted by Gasteiger charge is -2.27. The lowest BCUT2D eigenvalue weighted by molar-refractivity contribution is -0.120. The first-order valence-electron chi connectivity index (χ1n) is 8.87. The van der Waals surface area contributed by atoms with Gasteiger partial charge in [-0.3, -0.25) is 9.10 Å². The van der Waals surface area contributed by atoms with Crippen LogP contribution in [0.5, 0.6) is 5.75 Å². The molecule has 2 aliphatic rings. The minimum atomic E-state index is -3.61. The van der Waals surface area contributed by atoms with Crippen molar-refractivity contribution < 1.29 is 17.9 Å². The van der Waals surface area contributed by atoms with E-state index in [1.807, 2.05) is 6.92 Å². The number of para-hydroxylation sites is 2. The molecule has 2 saturated carbocycles. The molecule has 0 heterocycles. The van der Waals surface area contributed by atoms with Gasteiger partial charge in [0.05, 0.1) is 18.6 Å². The number of carbonyl (C=O) groups is 1. The van der Waals surface area contributed by atoms with Crippen molar-refractivity contribution in [1.29, 1.82) is 0 Å². The minimum absolute atomic E-state index is 0.190. The van der Waals surface area contributed by atoms with Crippen LogP contribution in [-0.4, -0.2) is 39.8 Å². The molecule has 138 valence electrons. The van der Waals surface area contributed by atoms with Gasteiger partial charge in [0.2, 0.25) is 15.9 Å². The van der Waals surface area contributed by atoms with Crippen molar-refractivity contribution in [3.05, 3.63) is 24.3 Å². The van der Waals surface area contributed by atoms with Gasteiger partial charge in [0, 0.05) is 6.04 Å². The third-order valence-corrected chi connectivity index (χ3v) is 6.33. The number of hydrogen-bond acceptors (Lipinski definition) is 4.